The number of carbonyl (C=O) groups is 1. The molecule has 2 aromatic carbocycles. The Labute approximate surface area is 166 Å². The summed E-state index contributed by atoms with van der Waals surface area (Å²) in [6.45, 7) is 3.28. The van der Waals surface area contributed by atoms with Gasteiger partial charge in [0.15, 0.2) is 5.70 Å². The van der Waals surface area contributed by atoms with Gasteiger partial charge in [-0.15, -0.1) is 11.3 Å². The van der Waals surface area contributed by atoms with Crippen LogP contribution in [0.3, 0.4) is 0 Å². The number of aliphatic imine (C=N–C) groups is 1. The van der Waals surface area contributed by atoms with Crippen LogP contribution in [-0.4, -0.2) is 38.2 Å². The van der Waals surface area contributed by atoms with Gasteiger partial charge in [0.2, 0.25) is 5.90 Å². The van der Waals surface area contributed by atoms with Gasteiger partial charge in [-0.3, -0.25) is 0 Å². The van der Waals surface area contributed by atoms with Crippen molar-refractivity contribution in [1.29, 1.82) is 0 Å². The molecule has 0 atom stereocenters. The number of cyclic esters (lactones) is 1. The Morgan fingerprint density at radius 1 is 1.00 bits per heavy atom. The van der Waals surface area contributed by atoms with E-state index in [9.17, 15) is 4.79 Å². The fourth-order valence-electron chi connectivity index (χ4n) is 3.36. The fraction of sp³-hybridized carbons (Fsp3) is 0.182. The normalized spacial score (nSPS) is 18.6. The maximum Gasteiger partial charge on any atom is 0.363 e. The second-order valence-corrected chi connectivity index (χ2v) is 7.77. The molecule has 2 aliphatic rings. The number of rotatable bonds is 3. The standard InChI is InChI=1S/C22H18N2O3S/c25-22-19(14-18-7-8-20(28-18)24-9-11-26-12-10-24)23-21(27-22)17-6-5-15-3-1-2-4-16(15)13-17/h1-8,13-14H,9-12H2/b19-14-. The van der Waals surface area contributed by atoms with Crippen molar-refractivity contribution in [2.24, 2.45) is 4.99 Å². The zero-order valence-corrected chi connectivity index (χ0v) is 15.9. The van der Waals surface area contributed by atoms with Crippen LogP contribution >= 0.6 is 11.3 Å². The van der Waals surface area contributed by atoms with E-state index in [1.807, 2.05) is 42.5 Å². The molecular formula is C22H18N2O3S. The van der Waals surface area contributed by atoms with Crippen molar-refractivity contribution < 1.29 is 14.3 Å². The summed E-state index contributed by atoms with van der Waals surface area (Å²) in [6, 6.07) is 18.1. The number of nitrogens with zero attached hydrogens (tertiary/aromatic N) is 2. The lowest BCUT2D eigenvalue weighted by Crippen LogP contribution is -2.35. The van der Waals surface area contributed by atoms with Crippen molar-refractivity contribution in [1.82, 2.24) is 0 Å². The number of hydrogen-bond donors (Lipinski definition) is 0. The zero-order valence-electron chi connectivity index (χ0n) is 15.1. The van der Waals surface area contributed by atoms with Gasteiger partial charge in [0, 0.05) is 23.5 Å². The van der Waals surface area contributed by atoms with E-state index in [2.05, 4.69) is 22.0 Å². The van der Waals surface area contributed by atoms with Gasteiger partial charge in [-0.05, 0) is 41.1 Å². The van der Waals surface area contributed by atoms with Crippen molar-refractivity contribution >= 4 is 45.1 Å². The number of fused-ring (bicyclic) bond motifs is 1. The first-order valence-electron chi connectivity index (χ1n) is 9.20. The summed E-state index contributed by atoms with van der Waals surface area (Å²) in [5.74, 6) is -0.0588. The molecule has 0 spiro atoms. The maximum absolute atomic E-state index is 12.3. The summed E-state index contributed by atoms with van der Waals surface area (Å²) < 4.78 is 10.8. The second-order valence-electron chi connectivity index (χ2n) is 6.67. The molecule has 0 amide bonds. The van der Waals surface area contributed by atoms with Crippen molar-refractivity contribution in [3.63, 3.8) is 0 Å². The van der Waals surface area contributed by atoms with E-state index in [1.54, 1.807) is 17.4 Å². The van der Waals surface area contributed by atoms with Crippen molar-refractivity contribution in [2.75, 3.05) is 31.2 Å². The molecule has 140 valence electrons. The minimum atomic E-state index is -0.413. The molecule has 1 aromatic heterocycles. The van der Waals surface area contributed by atoms with Crippen LogP contribution < -0.4 is 4.90 Å². The molecule has 0 radical (unpaired) electrons. The Hall–Kier alpha value is -2.96. The monoisotopic (exact) mass is 390 g/mol. The third-order valence-electron chi connectivity index (χ3n) is 4.83. The Balaban J connectivity index is 1.41. The third kappa shape index (κ3) is 3.32. The number of hydrogen-bond acceptors (Lipinski definition) is 6. The van der Waals surface area contributed by atoms with Crippen LogP contribution in [0.15, 0.2) is 65.3 Å². The fourth-order valence-corrected chi connectivity index (χ4v) is 4.36. The number of ether oxygens (including phenoxy) is 2. The van der Waals surface area contributed by atoms with Crippen LogP contribution in [0.5, 0.6) is 0 Å². The average Bonchev–Trinajstić information content (AvgIpc) is 3.36. The predicted octanol–water partition coefficient (Wildman–Crippen LogP) is 4.08. The quantitative estimate of drug-likeness (QED) is 0.499. The predicted molar refractivity (Wildman–Crippen MR) is 112 cm³/mol. The molecule has 2 aliphatic heterocycles. The summed E-state index contributed by atoms with van der Waals surface area (Å²) in [5.41, 5.74) is 1.13. The lowest BCUT2D eigenvalue weighted by Gasteiger charge is -2.27. The Kier molecular flexibility index (Phi) is 4.43. The van der Waals surface area contributed by atoms with Crippen LogP contribution in [-0.2, 0) is 14.3 Å². The summed E-state index contributed by atoms with van der Waals surface area (Å²) >= 11 is 1.64. The van der Waals surface area contributed by atoms with Crippen LogP contribution in [0.2, 0.25) is 0 Å². The first-order valence-corrected chi connectivity index (χ1v) is 10.0. The third-order valence-corrected chi connectivity index (χ3v) is 5.92. The van der Waals surface area contributed by atoms with E-state index in [0.29, 0.717) is 11.6 Å². The van der Waals surface area contributed by atoms with Gasteiger partial charge in [-0.25, -0.2) is 9.79 Å². The number of morpholine rings is 1. The molecule has 28 heavy (non-hydrogen) atoms. The van der Waals surface area contributed by atoms with Gasteiger partial charge in [-0.1, -0.05) is 30.3 Å². The molecule has 5 rings (SSSR count). The van der Waals surface area contributed by atoms with Crippen LogP contribution in [0, 0.1) is 0 Å². The largest absolute Gasteiger partial charge is 0.402 e. The molecule has 3 aromatic rings. The molecular weight excluding hydrogens is 372 g/mol. The van der Waals surface area contributed by atoms with E-state index in [1.165, 1.54) is 5.00 Å². The van der Waals surface area contributed by atoms with Crippen LogP contribution in [0.4, 0.5) is 5.00 Å². The van der Waals surface area contributed by atoms with Crippen LogP contribution in [0.25, 0.3) is 16.8 Å². The Morgan fingerprint density at radius 3 is 2.68 bits per heavy atom. The van der Waals surface area contributed by atoms with E-state index in [-0.39, 0.29) is 0 Å². The van der Waals surface area contributed by atoms with Crippen molar-refractivity contribution in [2.45, 2.75) is 0 Å². The average molecular weight is 390 g/mol. The zero-order chi connectivity index (χ0) is 18.9. The topological polar surface area (TPSA) is 51.1 Å². The molecule has 0 saturated carbocycles. The number of anilines is 1. The minimum absolute atomic E-state index is 0.332. The number of thiophene rings is 1. The lowest BCUT2D eigenvalue weighted by atomic mass is 10.1. The summed E-state index contributed by atoms with van der Waals surface area (Å²) in [6.07, 6.45) is 1.80. The number of carbonyl (C=O) groups excluding carboxylic acids is 1. The SMILES string of the molecule is O=C1OC(c2ccc3ccccc3c2)=N/C1=C\c1ccc(N2CCOCC2)s1. The van der Waals surface area contributed by atoms with E-state index < -0.39 is 5.97 Å². The van der Waals surface area contributed by atoms with Gasteiger partial charge >= 0.3 is 5.97 Å². The lowest BCUT2D eigenvalue weighted by molar-refractivity contribution is -0.129. The molecule has 3 heterocycles. The molecule has 0 unspecified atom stereocenters. The van der Waals surface area contributed by atoms with E-state index >= 15 is 0 Å². The number of benzene rings is 2. The van der Waals surface area contributed by atoms with Crippen LogP contribution in [0.1, 0.15) is 10.4 Å². The molecule has 6 heteroatoms. The Bertz CT molecular complexity index is 1110. The smallest absolute Gasteiger partial charge is 0.363 e. The highest BCUT2D eigenvalue weighted by Gasteiger charge is 2.24. The van der Waals surface area contributed by atoms with Gasteiger partial charge in [0.1, 0.15) is 0 Å². The second kappa shape index (κ2) is 7.22. The van der Waals surface area contributed by atoms with Crippen molar-refractivity contribution in [3.05, 3.63) is 70.7 Å². The molecule has 5 nitrogen and oxygen atoms in total. The van der Waals surface area contributed by atoms with Crippen molar-refractivity contribution in [3.8, 4) is 0 Å². The van der Waals surface area contributed by atoms with E-state index in [0.717, 1.165) is 47.5 Å². The highest BCUT2D eigenvalue weighted by atomic mass is 32.1. The molecule has 0 aliphatic carbocycles. The number of esters is 1. The van der Waals surface area contributed by atoms with E-state index in [4.69, 9.17) is 9.47 Å². The molecule has 1 fully saturated rings. The highest BCUT2D eigenvalue weighted by molar-refractivity contribution is 7.16. The van der Waals surface area contributed by atoms with Gasteiger partial charge in [-0.2, -0.15) is 0 Å². The highest BCUT2D eigenvalue weighted by Crippen LogP contribution is 2.30. The molecule has 0 bridgehead atoms. The summed E-state index contributed by atoms with van der Waals surface area (Å²) in [5, 5.41) is 3.41. The minimum Gasteiger partial charge on any atom is -0.402 e. The van der Waals surface area contributed by atoms with Gasteiger partial charge < -0.3 is 14.4 Å². The first-order chi connectivity index (χ1) is 13.8. The molecule has 1 saturated heterocycles. The van der Waals surface area contributed by atoms with Gasteiger partial charge in [0.05, 0.1) is 18.2 Å². The first kappa shape index (κ1) is 17.2. The molecule has 0 N–H and O–H groups in total. The summed E-state index contributed by atoms with van der Waals surface area (Å²) in [4.78, 5) is 20.0. The Morgan fingerprint density at radius 2 is 1.82 bits per heavy atom. The summed E-state index contributed by atoms with van der Waals surface area (Å²) in [7, 11) is 0. The van der Waals surface area contributed by atoms with Gasteiger partial charge in [0.25, 0.3) is 0 Å². The maximum atomic E-state index is 12.3.